The quantitative estimate of drug-likeness (QED) is 0.727. The highest BCUT2D eigenvalue weighted by Gasteiger charge is 2.10. The van der Waals surface area contributed by atoms with Crippen molar-refractivity contribution in [2.75, 3.05) is 11.9 Å². The van der Waals surface area contributed by atoms with Gasteiger partial charge in [0.2, 0.25) is 0 Å². The zero-order valence-corrected chi connectivity index (χ0v) is 12.3. The van der Waals surface area contributed by atoms with E-state index in [0.717, 1.165) is 22.3 Å². The van der Waals surface area contributed by atoms with Crippen molar-refractivity contribution in [1.82, 2.24) is 19.7 Å². The summed E-state index contributed by atoms with van der Waals surface area (Å²) in [7, 11) is 3.87. The Hall–Kier alpha value is -2.14. The van der Waals surface area contributed by atoms with Gasteiger partial charge in [0.05, 0.1) is 17.9 Å². The van der Waals surface area contributed by atoms with E-state index in [4.69, 9.17) is 11.6 Å². The summed E-state index contributed by atoms with van der Waals surface area (Å²) in [6.07, 6.45) is 3.20. The Bertz CT molecular complexity index is 780. The van der Waals surface area contributed by atoms with Gasteiger partial charge in [-0.2, -0.15) is 5.10 Å². The highest BCUT2D eigenvalue weighted by Crippen LogP contribution is 2.27. The molecule has 0 unspecified atom stereocenters. The van der Waals surface area contributed by atoms with Crippen molar-refractivity contribution in [2.24, 2.45) is 7.05 Å². The molecule has 20 heavy (non-hydrogen) atoms. The lowest BCUT2D eigenvalue weighted by molar-refractivity contribution is 0.751. The van der Waals surface area contributed by atoms with Gasteiger partial charge in [-0.3, -0.25) is 9.67 Å². The van der Waals surface area contributed by atoms with Gasteiger partial charge in [-0.1, -0.05) is 11.6 Å². The average molecular weight is 288 g/mol. The number of anilines is 2. The normalized spacial score (nSPS) is 11.0. The average Bonchev–Trinajstić information content (AvgIpc) is 2.73. The van der Waals surface area contributed by atoms with Gasteiger partial charge in [0.1, 0.15) is 5.15 Å². The number of aromatic nitrogens is 4. The van der Waals surface area contributed by atoms with Crippen LogP contribution in [0.2, 0.25) is 5.15 Å². The molecule has 0 aliphatic carbocycles. The molecule has 2 heterocycles. The lowest BCUT2D eigenvalue weighted by Gasteiger charge is -2.17. The molecule has 0 N–H and O–H groups in total. The Morgan fingerprint density at radius 3 is 2.80 bits per heavy atom. The smallest absolute Gasteiger partial charge is 0.153 e. The Morgan fingerprint density at radius 1 is 1.25 bits per heavy atom. The SMILES string of the molecule is Cc1c2ccc(N(C)c3cncc(Cl)n3)cc2nn1C. The fourth-order valence-corrected chi connectivity index (χ4v) is 2.30. The molecule has 0 spiro atoms. The Balaban J connectivity index is 2.05. The van der Waals surface area contributed by atoms with E-state index in [1.54, 1.807) is 6.20 Å². The first-order valence-corrected chi connectivity index (χ1v) is 6.58. The van der Waals surface area contributed by atoms with E-state index < -0.39 is 0 Å². The molecule has 102 valence electrons. The van der Waals surface area contributed by atoms with Crippen molar-refractivity contribution in [1.29, 1.82) is 0 Å². The summed E-state index contributed by atoms with van der Waals surface area (Å²) in [4.78, 5) is 10.2. The minimum absolute atomic E-state index is 0.379. The van der Waals surface area contributed by atoms with Gasteiger partial charge in [0.15, 0.2) is 5.82 Å². The fourth-order valence-electron chi connectivity index (χ4n) is 2.15. The minimum atomic E-state index is 0.379. The molecule has 0 saturated carbocycles. The highest BCUT2D eigenvalue weighted by atomic mass is 35.5. The number of fused-ring (bicyclic) bond motifs is 1. The maximum Gasteiger partial charge on any atom is 0.153 e. The maximum atomic E-state index is 5.88. The van der Waals surface area contributed by atoms with Crippen molar-refractivity contribution < 1.29 is 0 Å². The molecule has 5 nitrogen and oxygen atoms in total. The summed E-state index contributed by atoms with van der Waals surface area (Å²) in [6, 6.07) is 6.14. The second kappa shape index (κ2) is 4.76. The summed E-state index contributed by atoms with van der Waals surface area (Å²) < 4.78 is 1.88. The molecular weight excluding hydrogens is 274 g/mol. The highest BCUT2D eigenvalue weighted by molar-refractivity contribution is 6.29. The number of nitrogens with zero attached hydrogens (tertiary/aromatic N) is 5. The predicted octanol–water partition coefficient (Wildman–Crippen LogP) is 3.09. The van der Waals surface area contributed by atoms with Crippen LogP contribution < -0.4 is 4.90 Å². The van der Waals surface area contributed by atoms with Crippen LogP contribution >= 0.6 is 11.6 Å². The van der Waals surface area contributed by atoms with Crippen molar-refractivity contribution >= 4 is 34.0 Å². The molecule has 0 amide bonds. The van der Waals surface area contributed by atoms with Gasteiger partial charge < -0.3 is 4.90 Å². The molecule has 1 aromatic carbocycles. The number of rotatable bonds is 2. The van der Waals surface area contributed by atoms with Crippen molar-refractivity contribution in [3.05, 3.63) is 41.4 Å². The summed E-state index contributed by atoms with van der Waals surface area (Å²) >= 11 is 5.88. The molecule has 3 aromatic rings. The van der Waals surface area contributed by atoms with Gasteiger partial charge in [0, 0.05) is 30.9 Å². The first kappa shape index (κ1) is 12.9. The van der Waals surface area contributed by atoms with Crippen LogP contribution in [-0.4, -0.2) is 26.8 Å². The van der Waals surface area contributed by atoms with Crippen LogP contribution in [0.25, 0.3) is 10.9 Å². The first-order valence-electron chi connectivity index (χ1n) is 6.21. The molecule has 0 aliphatic rings. The zero-order valence-electron chi connectivity index (χ0n) is 11.5. The number of halogens is 1. The Morgan fingerprint density at radius 2 is 2.05 bits per heavy atom. The number of benzene rings is 1. The molecule has 2 aromatic heterocycles. The standard InChI is InChI=1S/C14H14ClN5/c1-9-11-5-4-10(6-12(11)18-20(9)3)19(2)14-8-16-7-13(15)17-14/h4-8H,1-3H3. The van der Waals surface area contributed by atoms with E-state index >= 15 is 0 Å². The van der Waals surface area contributed by atoms with Gasteiger partial charge in [-0.15, -0.1) is 0 Å². The third kappa shape index (κ3) is 2.10. The number of hydrogen-bond donors (Lipinski definition) is 0. The summed E-state index contributed by atoms with van der Waals surface area (Å²) in [5, 5.41) is 6.03. The lowest BCUT2D eigenvalue weighted by atomic mass is 10.2. The van der Waals surface area contributed by atoms with E-state index in [9.17, 15) is 0 Å². The van der Waals surface area contributed by atoms with Crippen molar-refractivity contribution in [2.45, 2.75) is 6.92 Å². The van der Waals surface area contributed by atoms with E-state index in [2.05, 4.69) is 28.1 Å². The first-order chi connectivity index (χ1) is 9.56. The van der Waals surface area contributed by atoms with E-state index in [1.165, 1.54) is 6.20 Å². The van der Waals surface area contributed by atoms with Crippen LogP contribution in [-0.2, 0) is 7.05 Å². The Kier molecular flexibility index (Phi) is 3.06. The van der Waals surface area contributed by atoms with Crippen molar-refractivity contribution in [3.8, 4) is 0 Å². The fraction of sp³-hybridized carbons (Fsp3) is 0.214. The number of hydrogen-bond acceptors (Lipinski definition) is 4. The van der Waals surface area contributed by atoms with Gasteiger partial charge in [-0.05, 0) is 25.1 Å². The molecule has 0 saturated heterocycles. The summed E-state index contributed by atoms with van der Waals surface area (Å²) in [5.41, 5.74) is 3.10. The maximum absolute atomic E-state index is 5.88. The molecule has 6 heteroatoms. The predicted molar refractivity (Wildman–Crippen MR) is 80.6 cm³/mol. The van der Waals surface area contributed by atoms with Crippen LogP contribution in [0.15, 0.2) is 30.6 Å². The molecule has 3 rings (SSSR count). The molecule has 0 aliphatic heterocycles. The molecular formula is C14H14ClN5. The van der Waals surface area contributed by atoms with Crippen molar-refractivity contribution in [3.63, 3.8) is 0 Å². The van der Waals surface area contributed by atoms with E-state index in [0.29, 0.717) is 11.0 Å². The molecule has 0 bridgehead atoms. The molecule has 0 fully saturated rings. The van der Waals surface area contributed by atoms with Gasteiger partial charge >= 0.3 is 0 Å². The van der Waals surface area contributed by atoms with Crippen LogP contribution in [0.1, 0.15) is 5.69 Å². The summed E-state index contributed by atoms with van der Waals surface area (Å²) in [5.74, 6) is 0.699. The van der Waals surface area contributed by atoms with Crippen LogP contribution in [0.3, 0.4) is 0 Å². The van der Waals surface area contributed by atoms with E-state index in [1.807, 2.05) is 35.8 Å². The third-order valence-electron chi connectivity index (χ3n) is 3.44. The monoisotopic (exact) mass is 287 g/mol. The van der Waals surface area contributed by atoms with Crippen LogP contribution in [0, 0.1) is 6.92 Å². The summed E-state index contributed by atoms with van der Waals surface area (Å²) in [6.45, 7) is 2.06. The molecule has 0 atom stereocenters. The second-order valence-electron chi connectivity index (χ2n) is 4.67. The van der Waals surface area contributed by atoms with Crippen LogP contribution in [0.5, 0.6) is 0 Å². The van der Waals surface area contributed by atoms with Gasteiger partial charge in [-0.25, -0.2) is 4.98 Å². The second-order valence-corrected chi connectivity index (χ2v) is 5.06. The largest absolute Gasteiger partial charge is 0.328 e. The van der Waals surface area contributed by atoms with E-state index in [-0.39, 0.29) is 0 Å². The van der Waals surface area contributed by atoms with Crippen LogP contribution in [0.4, 0.5) is 11.5 Å². The lowest BCUT2D eigenvalue weighted by Crippen LogP contribution is -2.11. The minimum Gasteiger partial charge on any atom is -0.328 e. The third-order valence-corrected chi connectivity index (χ3v) is 3.62. The number of aryl methyl sites for hydroxylation is 2. The molecule has 0 radical (unpaired) electrons. The van der Waals surface area contributed by atoms with Gasteiger partial charge in [0.25, 0.3) is 0 Å². The zero-order chi connectivity index (χ0) is 14.3. The topological polar surface area (TPSA) is 46.8 Å². The Labute approximate surface area is 121 Å².